The molecule has 2 aromatic rings. The van der Waals surface area contributed by atoms with E-state index in [9.17, 15) is 0 Å². The van der Waals surface area contributed by atoms with Crippen molar-refractivity contribution in [2.75, 3.05) is 11.1 Å². The fraction of sp³-hybridized carbons (Fsp3) is 0.333. The third-order valence-electron chi connectivity index (χ3n) is 3.20. The van der Waals surface area contributed by atoms with Gasteiger partial charge in [0.15, 0.2) is 5.82 Å². The summed E-state index contributed by atoms with van der Waals surface area (Å²) in [5.41, 5.74) is 8.54. The average Bonchev–Trinajstić information content (AvgIpc) is 2.43. The molecule has 2 rings (SSSR count). The molecule has 0 radical (unpaired) electrons. The SMILES string of the molecule is Cc1nc(Cl)nc(NC(C)CCc2ccccc2)c1N. The van der Waals surface area contributed by atoms with Crippen molar-refractivity contribution in [1.82, 2.24) is 9.97 Å². The van der Waals surface area contributed by atoms with E-state index < -0.39 is 0 Å². The summed E-state index contributed by atoms with van der Waals surface area (Å²) in [6.07, 6.45) is 2.00. The van der Waals surface area contributed by atoms with E-state index in [1.165, 1.54) is 5.56 Å². The van der Waals surface area contributed by atoms with Crippen LogP contribution in [-0.2, 0) is 6.42 Å². The number of aromatic nitrogens is 2. The number of aryl methyl sites for hydroxylation is 2. The van der Waals surface area contributed by atoms with Gasteiger partial charge in [0.25, 0.3) is 0 Å². The third kappa shape index (κ3) is 3.84. The second-order valence-corrected chi connectivity index (χ2v) is 5.25. The number of nitrogens with one attached hydrogen (secondary N) is 1. The van der Waals surface area contributed by atoms with Gasteiger partial charge in [0.1, 0.15) is 0 Å². The minimum absolute atomic E-state index is 0.217. The maximum atomic E-state index is 5.96. The lowest BCUT2D eigenvalue weighted by molar-refractivity contribution is 0.702. The van der Waals surface area contributed by atoms with Crippen LogP contribution in [0.25, 0.3) is 0 Å². The molecule has 0 aliphatic heterocycles. The molecule has 1 unspecified atom stereocenters. The maximum Gasteiger partial charge on any atom is 0.224 e. The van der Waals surface area contributed by atoms with E-state index >= 15 is 0 Å². The average molecular weight is 291 g/mol. The Bertz CT molecular complexity index is 572. The van der Waals surface area contributed by atoms with Crippen LogP contribution >= 0.6 is 11.6 Å². The Balaban J connectivity index is 1.96. The standard InChI is InChI=1S/C15H19ClN4/c1-10(8-9-12-6-4-3-5-7-12)18-14-13(17)11(2)19-15(16)20-14/h3-7,10H,8-9,17H2,1-2H3,(H,18,19,20). The maximum absolute atomic E-state index is 5.96. The summed E-state index contributed by atoms with van der Waals surface area (Å²) in [6.45, 7) is 3.93. The van der Waals surface area contributed by atoms with Gasteiger partial charge in [-0.15, -0.1) is 0 Å². The quantitative estimate of drug-likeness (QED) is 0.828. The van der Waals surface area contributed by atoms with Crippen molar-refractivity contribution in [2.24, 2.45) is 0 Å². The first-order chi connectivity index (χ1) is 9.56. The van der Waals surface area contributed by atoms with Crippen molar-refractivity contribution in [3.63, 3.8) is 0 Å². The molecular weight excluding hydrogens is 272 g/mol. The predicted molar refractivity (Wildman–Crippen MR) is 84.0 cm³/mol. The first kappa shape index (κ1) is 14.6. The van der Waals surface area contributed by atoms with E-state index in [2.05, 4.69) is 46.5 Å². The number of halogens is 1. The molecule has 0 aliphatic rings. The van der Waals surface area contributed by atoms with Crippen molar-refractivity contribution in [3.8, 4) is 0 Å². The van der Waals surface area contributed by atoms with Crippen LogP contribution in [0.5, 0.6) is 0 Å². The zero-order valence-corrected chi connectivity index (χ0v) is 12.5. The number of hydrogen-bond donors (Lipinski definition) is 2. The number of nitrogens with two attached hydrogens (primary N) is 1. The molecule has 20 heavy (non-hydrogen) atoms. The summed E-state index contributed by atoms with van der Waals surface area (Å²) in [5, 5.41) is 3.52. The van der Waals surface area contributed by atoms with Gasteiger partial charge in [0, 0.05) is 6.04 Å². The topological polar surface area (TPSA) is 63.8 Å². The summed E-state index contributed by atoms with van der Waals surface area (Å²) >= 11 is 5.86. The fourth-order valence-electron chi connectivity index (χ4n) is 1.99. The van der Waals surface area contributed by atoms with Gasteiger partial charge in [-0.3, -0.25) is 0 Å². The Morgan fingerprint density at radius 1 is 1.25 bits per heavy atom. The van der Waals surface area contributed by atoms with Gasteiger partial charge in [-0.1, -0.05) is 30.3 Å². The van der Waals surface area contributed by atoms with E-state index in [4.69, 9.17) is 17.3 Å². The lowest BCUT2D eigenvalue weighted by Crippen LogP contribution is -2.18. The van der Waals surface area contributed by atoms with Crippen LogP contribution < -0.4 is 11.1 Å². The highest BCUT2D eigenvalue weighted by molar-refractivity contribution is 6.28. The van der Waals surface area contributed by atoms with Gasteiger partial charge < -0.3 is 11.1 Å². The molecule has 0 spiro atoms. The predicted octanol–water partition coefficient (Wildman–Crippen LogP) is 3.45. The van der Waals surface area contributed by atoms with Crippen LogP contribution in [0.1, 0.15) is 24.6 Å². The molecule has 1 atom stereocenters. The summed E-state index contributed by atoms with van der Waals surface area (Å²) in [6, 6.07) is 10.7. The van der Waals surface area contributed by atoms with Crippen molar-refractivity contribution in [1.29, 1.82) is 0 Å². The lowest BCUT2D eigenvalue weighted by atomic mass is 10.1. The largest absolute Gasteiger partial charge is 0.394 e. The highest BCUT2D eigenvalue weighted by Gasteiger charge is 2.10. The third-order valence-corrected chi connectivity index (χ3v) is 3.37. The monoisotopic (exact) mass is 290 g/mol. The van der Waals surface area contributed by atoms with Gasteiger partial charge in [0.2, 0.25) is 5.28 Å². The second-order valence-electron chi connectivity index (χ2n) is 4.91. The Labute approximate surface area is 124 Å². The molecule has 0 fully saturated rings. The summed E-state index contributed by atoms with van der Waals surface area (Å²) < 4.78 is 0. The molecule has 106 valence electrons. The normalized spacial score (nSPS) is 12.2. The highest BCUT2D eigenvalue weighted by Crippen LogP contribution is 2.22. The van der Waals surface area contributed by atoms with Crippen LogP contribution in [0, 0.1) is 6.92 Å². The molecule has 0 amide bonds. The molecule has 1 aromatic heterocycles. The molecule has 0 saturated heterocycles. The lowest BCUT2D eigenvalue weighted by Gasteiger charge is -2.16. The number of rotatable bonds is 5. The van der Waals surface area contributed by atoms with Crippen LogP contribution in [0.2, 0.25) is 5.28 Å². The number of nitrogens with zero attached hydrogens (tertiary/aromatic N) is 2. The molecule has 0 bridgehead atoms. The minimum atomic E-state index is 0.217. The highest BCUT2D eigenvalue weighted by atomic mass is 35.5. The number of hydrogen-bond acceptors (Lipinski definition) is 4. The van der Waals surface area contributed by atoms with Crippen molar-refractivity contribution in [2.45, 2.75) is 32.7 Å². The summed E-state index contributed by atoms with van der Waals surface area (Å²) in [5.74, 6) is 0.614. The van der Waals surface area contributed by atoms with E-state index in [0.29, 0.717) is 17.2 Å². The van der Waals surface area contributed by atoms with E-state index in [0.717, 1.165) is 12.8 Å². The van der Waals surface area contributed by atoms with E-state index in [1.54, 1.807) is 0 Å². The van der Waals surface area contributed by atoms with Gasteiger partial charge in [0.05, 0.1) is 11.4 Å². The number of benzene rings is 1. The molecular formula is C15H19ClN4. The van der Waals surface area contributed by atoms with Gasteiger partial charge in [-0.2, -0.15) is 4.98 Å². The molecule has 3 N–H and O–H groups in total. The van der Waals surface area contributed by atoms with Crippen LogP contribution in [0.15, 0.2) is 30.3 Å². The smallest absolute Gasteiger partial charge is 0.224 e. The van der Waals surface area contributed by atoms with Crippen molar-refractivity contribution in [3.05, 3.63) is 46.9 Å². The summed E-state index contributed by atoms with van der Waals surface area (Å²) in [7, 11) is 0. The summed E-state index contributed by atoms with van der Waals surface area (Å²) in [4.78, 5) is 8.17. The molecule has 4 nitrogen and oxygen atoms in total. The minimum Gasteiger partial charge on any atom is -0.394 e. The molecule has 0 aliphatic carbocycles. The second kappa shape index (κ2) is 6.57. The molecule has 1 heterocycles. The Kier molecular flexibility index (Phi) is 4.79. The first-order valence-electron chi connectivity index (χ1n) is 6.66. The van der Waals surface area contributed by atoms with Crippen LogP contribution in [0.3, 0.4) is 0 Å². The Hall–Kier alpha value is -1.81. The van der Waals surface area contributed by atoms with Crippen molar-refractivity contribution < 1.29 is 0 Å². The Morgan fingerprint density at radius 3 is 2.65 bits per heavy atom. The zero-order valence-electron chi connectivity index (χ0n) is 11.7. The number of anilines is 2. The van der Waals surface area contributed by atoms with Gasteiger partial charge >= 0.3 is 0 Å². The fourth-order valence-corrected chi connectivity index (χ4v) is 2.20. The zero-order chi connectivity index (χ0) is 14.5. The Morgan fingerprint density at radius 2 is 1.95 bits per heavy atom. The first-order valence-corrected chi connectivity index (χ1v) is 7.04. The number of nitrogen functional groups attached to an aromatic ring is 1. The molecule has 0 saturated carbocycles. The van der Waals surface area contributed by atoms with Gasteiger partial charge in [-0.05, 0) is 43.9 Å². The van der Waals surface area contributed by atoms with Gasteiger partial charge in [-0.25, -0.2) is 4.98 Å². The van der Waals surface area contributed by atoms with Crippen LogP contribution in [0.4, 0.5) is 11.5 Å². The van der Waals surface area contributed by atoms with Crippen LogP contribution in [-0.4, -0.2) is 16.0 Å². The molecule has 5 heteroatoms. The van der Waals surface area contributed by atoms with E-state index in [-0.39, 0.29) is 11.3 Å². The van der Waals surface area contributed by atoms with E-state index in [1.807, 2.05) is 13.0 Å². The van der Waals surface area contributed by atoms with Crippen molar-refractivity contribution >= 4 is 23.1 Å². The molecule has 1 aromatic carbocycles.